The Morgan fingerprint density at radius 3 is 1.15 bits per heavy atom. The average Bonchev–Trinajstić information content (AvgIpc) is 3.30. The monoisotopic (exact) mass is 947 g/mol. The van der Waals surface area contributed by atoms with E-state index in [1.54, 1.807) is 0 Å². The van der Waals surface area contributed by atoms with Crippen molar-refractivity contribution in [2.24, 2.45) is 0 Å². The predicted octanol–water partition coefficient (Wildman–Crippen LogP) is 16.0. The van der Waals surface area contributed by atoms with Crippen molar-refractivity contribution in [2.45, 2.75) is 212 Å². The Morgan fingerprint density at radius 2 is 0.779 bits per heavy atom. The number of esters is 2. The molecule has 0 fully saturated rings. The maximum absolute atomic E-state index is 12.8. The minimum atomic E-state index is -0.883. The van der Waals surface area contributed by atoms with Gasteiger partial charge in [-0.15, -0.1) is 0 Å². The smallest absolute Gasteiger partial charge is 0.362 e. The molecule has 0 heterocycles. The van der Waals surface area contributed by atoms with Gasteiger partial charge < -0.3 is 23.8 Å². The number of quaternary nitrogens is 1. The highest BCUT2D eigenvalue weighted by atomic mass is 16.6. The van der Waals surface area contributed by atoms with Crippen molar-refractivity contribution >= 4 is 17.9 Å². The van der Waals surface area contributed by atoms with Crippen LogP contribution in [0.3, 0.4) is 0 Å². The van der Waals surface area contributed by atoms with Gasteiger partial charge in [0.2, 0.25) is 0 Å². The maximum Gasteiger partial charge on any atom is 0.362 e. The van der Waals surface area contributed by atoms with Gasteiger partial charge in [0, 0.05) is 19.3 Å². The highest BCUT2D eigenvalue weighted by Crippen LogP contribution is 2.15. The van der Waals surface area contributed by atoms with Gasteiger partial charge in [-0.3, -0.25) is 9.59 Å². The molecule has 0 radical (unpaired) electrons. The molecule has 0 spiro atoms. The number of carbonyl (C=O) groups excluding carboxylic acids is 2. The van der Waals surface area contributed by atoms with Gasteiger partial charge >= 0.3 is 17.9 Å². The maximum atomic E-state index is 12.8. The lowest BCUT2D eigenvalue weighted by atomic mass is 10.0. The summed E-state index contributed by atoms with van der Waals surface area (Å²) in [6.45, 7) is 4.48. The highest BCUT2D eigenvalue weighted by Gasteiger charge is 2.31. The standard InChI is InChI=1S/C60H99NO7/c1-6-8-10-12-14-16-18-20-22-24-26-28-29-31-33-35-37-39-41-43-45-47-49-51-59(63)68-56(54-66-53-52-57(60(64)65)61(3,4)5)55-67-58(62)50-48-46-44-42-40-38-36-34-32-30-27-25-23-21-19-17-15-13-11-9-7-2/h8-11,14-17,20-23,26,28,31,33,37,39,56-57H,6-7,12-13,18-19,24-25,27,29-30,32,34-36,38,40-55H2,1-5H3/p+1/b10-8+,11-9+,16-14+,17-15+,22-20+,23-21+,28-26+,33-31+,39-37+. The van der Waals surface area contributed by atoms with Gasteiger partial charge in [0.1, 0.15) is 6.61 Å². The molecule has 0 aromatic carbocycles. The number of aliphatic carboxylic acids is 1. The van der Waals surface area contributed by atoms with E-state index in [2.05, 4.69) is 123 Å². The Labute approximate surface area is 417 Å². The van der Waals surface area contributed by atoms with Crippen LogP contribution in [0, 0.1) is 0 Å². The fourth-order valence-corrected chi connectivity index (χ4v) is 7.34. The normalized spacial score (nSPS) is 13.7. The van der Waals surface area contributed by atoms with Crippen molar-refractivity contribution in [3.05, 3.63) is 109 Å². The first-order valence-corrected chi connectivity index (χ1v) is 26.9. The first-order valence-electron chi connectivity index (χ1n) is 26.9. The number of carboxylic acid groups (broad SMARTS) is 1. The molecule has 1 N–H and O–H groups in total. The van der Waals surface area contributed by atoms with Crippen molar-refractivity contribution in [3.63, 3.8) is 0 Å². The van der Waals surface area contributed by atoms with E-state index in [0.717, 1.165) is 109 Å². The number of carboxylic acids is 1. The van der Waals surface area contributed by atoms with Crippen LogP contribution in [-0.2, 0) is 28.6 Å². The van der Waals surface area contributed by atoms with Crippen LogP contribution in [0.5, 0.6) is 0 Å². The van der Waals surface area contributed by atoms with Crippen molar-refractivity contribution < 1.29 is 38.2 Å². The third kappa shape index (κ3) is 47.1. The van der Waals surface area contributed by atoms with Gasteiger partial charge in [0.05, 0.1) is 34.4 Å². The number of allylic oxidation sites excluding steroid dienone is 18. The quantitative estimate of drug-likeness (QED) is 0.0281. The minimum absolute atomic E-state index is 0.0433. The number of hydrogen-bond donors (Lipinski definition) is 1. The number of ether oxygens (including phenoxy) is 3. The van der Waals surface area contributed by atoms with E-state index in [0.29, 0.717) is 19.3 Å². The number of hydrogen-bond acceptors (Lipinski definition) is 6. The first kappa shape index (κ1) is 64.0. The Kier molecular flexibility index (Phi) is 46.5. The van der Waals surface area contributed by atoms with E-state index in [4.69, 9.17) is 14.2 Å². The molecular weight excluding hydrogens is 847 g/mol. The zero-order valence-corrected chi connectivity index (χ0v) is 44.0. The van der Waals surface area contributed by atoms with E-state index < -0.39 is 18.1 Å². The molecule has 0 aromatic rings. The molecule has 2 unspecified atom stereocenters. The fraction of sp³-hybridized carbons (Fsp3) is 0.650. The summed E-state index contributed by atoms with van der Waals surface area (Å²) in [5, 5.41) is 9.67. The van der Waals surface area contributed by atoms with Crippen LogP contribution in [0.1, 0.15) is 200 Å². The van der Waals surface area contributed by atoms with Crippen molar-refractivity contribution in [1.82, 2.24) is 0 Å². The summed E-state index contributed by atoms with van der Waals surface area (Å²) in [4.78, 5) is 37.2. The van der Waals surface area contributed by atoms with Crippen molar-refractivity contribution in [1.29, 1.82) is 0 Å². The summed E-state index contributed by atoms with van der Waals surface area (Å²) in [7, 11) is 5.52. The molecule has 0 rings (SSSR count). The second kappa shape index (κ2) is 49.4. The molecule has 8 nitrogen and oxygen atoms in total. The van der Waals surface area contributed by atoms with Crippen LogP contribution in [0.25, 0.3) is 0 Å². The SMILES string of the molecule is CC/C=C/C/C=C/C/C=C/C/C=C/C/C=C/C/C=C/CCCCCCC(=O)OC(COCCC(C(=O)O)[N+](C)(C)C)COC(=O)CCCCCCCCCCCCC/C=C/C/C=C/C/C=C/CC. The molecule has 0 aliphatic carbocycles. The summed E-state index contributed by atoms with van der Waals surface area (Å²) >= 11 is 0. The largest absolute Gasteiger partial charge is 0.477 e. The predicted molar refractivity (Wildman–Crippen MR) is 289 cm³/mol. The van der Waals surface area contributed by atoms with Gasteiger partial charge in [0.25, 0.3) is 0 Å². The summed E-state index contributed by atoms with van der Waals surface area (Å²) in [5.41, 5.74) is 0. The van der Waals surface area contributed by atoms with Crippen LogP contribution in [-0.4, -0.2) is 80.6 Å². The molecule has 0 saturated heterocycles. The van der Waals surface area contributed by atoms with E-state index >= 15 is 0 Å². The first-order chi connectivity index (χ1) is 33.1. The van der Waals surface area contributed by atoms with Gasteiger partial charge in [-0.25, -0.2) is 4.79 Å². The molecule has 0 bridgehead atoms. The number of likely N-dealkylation sites (N-methyl/N-ethyl adjacent to an activating group) is 1. The lowest BCUT2D eigenvalue weighted by Crippen LogP contribution is -2.50. The van der Waals surface area contributed by atoms with Gasteiger partial charge in [-0.1, -0.05) is 194 Å². The second-order valence-electron chi connectivity index (χ2n) is 18.7. The number of nitrogens with zero attached hydrogens (tertiary/aromatic N) is 1. The molecule has 0 aromatic heterocycles. The minimum Gasteiger partial charge on any atom is -0.477 e. The third-order valence-corrected chi connectivity index (χ3v) is 11.4. The number of unbranched alkanes of at least 4 members (excludes halogenated alkanes) is 15. The molecule has 386 valence electrons. The number of rotatable bonds is 47. The second-order valence-corrected chi connectivity index (χ2v) is 18.7. The number of carbonyl (C=O) groups is 3. The third-order valence-electron chi connectivity index (χ3n) is 11.4. The van der Waals surface area contributed by atoms with Crippen LogP contribution >= 0.6 is 0 Å². The van der Waals surface area contributed by atoms with Crippen LogP contribution < -0.4 is 0 Å². The lowest BCUT2D eigenvalue weighted by molar-refractivity contribution is -0.887. The van der Waals surface area contributed by atoms with Gasteiger partial charge in [-0.05, 0) is 96.3 Å². The van der Waals surface area contributed by atoms with E-state index in [1.165, 1.54) is 57.8 Å². The average molecular weight is 947 g/mol. The zero-order valence-electron chi connectivity index (χ0n) is 44.0. The molecule has 0 saturated carbocycles. The zero-order chi connectivity index (χ0) is 49.9. The van der Waals surface area contributed by atoms with Crippen LogP contribution in [0.2, 0.25) is 0 Å². The van der Waals surface area contributed by atoms with Crippen LogP contribution in [0.4, 0.5) is 0 Å². The lowest BCUT2D eigenvalue weighted by Gasteiger charge is -2.31. The van der Waals surface area contributed by atoms with E-state index in [-0.39, 0.29) is 36.2 Å². The topological polar surface area (TPSA) is 99.1 Å². The van der Waals surface area contributed by atoms with Gasteiger partial charge in [-0.2, -0.15) is 0 Å². The molecule has 2 atom stereocenters. The van der Waals surface area contributed by atoms with Crippen LogP contribution in [0.15, 0.2) is 109 Å². The van der Waals surface area contributed by atoms with E-state index in [9.17, 15) is 19.5 Å². The summed E-state index contributed by atoms with van der Waals surface area (Å²) < 4.78 is 17.4. The van der Waals surface area contributed by atoms with Gasteiger partial charge in [0.15, 0.2) is 12.1 Å². The molecule has 68 heavy (non-hydrogen) atoms. The highest BCUT2D eigenvalue weighted by molar-refractivity contribution is 5.72. The van der Waals surface area contributed by atoms with E-state index in [1.807, 2.05) is 21.1 Å². The fourth-order valence-electron chi connectivity index (χ4n) is 7.34. The van der Waals surface area contributed by atoms with Crippen molar-refractivity contribution in [2.75, 3.05) is 41.0 Å². The summed E-state index contributed by atoms with van der Waals surface area (Å²) in [6.07, 6.45) is 68.5. The summed E-state index contributed by atoms with van der Waals surface area (Å²) in [6, 6.07) is -0.627. The Hall–Kier alpha value is -4.01. The molecule has 8 heteroatoms. The molecule has 0 aliphatic heterocycles. The molecule has 0 amide bonds. The Bertz CT molecular complexity index is 1470. The summed E-state index contributed by atoms with van der Waals surface area (Å²) in [5.74, 6) is -1.51. The van der Waals surface area contributed by atoms with Crippen molar-refractivity contribution in [3.8, 4) is 0 Å². The Morgan fingerprint density at radius 1 is 0.441 bits per heavy atom. The molecular formula is C60H100NO7+. The Balaban J connectivity index is 4.30. The molecule has 0 aliphatic rings.